The molecule has 3 rings (SSSR count). The molecule has 0 aliphatic heterocycles. The van der Waals surface area contributed by atoms with E-state index in [2.05, 4.69) is 10.2 Å². The van der Waals surface area contributed by atoms with Crippen LogP contribution in [0.1, 0.15) is 5.56 Å². The van der Waals surface area contributed by atoms with Crippen LogP contribution in [0.15, 0.2) is 57.6 Å². The molecule has 0 amide bonds. The van der Waals surface area contributed by atoms with E-state index in [-0.39, 0.29) is 21.5 Å². The van der Waals surface area contributed by atoms with E-state index >= 15 is 0 Å². The highest BCUT2D eigenvalue weighted by Crippen LogP contribution is 2.42. The molecule has 0 bridgehead atoms. The quantitative estimate of drug-likeness (QED) is 0.280. The van der Waals surface area contributed by atoms with Crippen LogP contribution in [0.3, 0.4) is 0 Å². The molecule has 29 heavy (non-hydrogen) atoms. The summed E-state index contributed by atoms with van der Waals surface area (Å²) in [6.07, 6.45) is -4.74. The predicted molar refractivity (Wildman–Crippen MR) is 100 cm³/mol. The molecule has 0 aliphatic rings. The zero-order valence-electron chi connectivity index (χ0n) is 14.1. The maximum atomic E-state index is 13.2. The summed E-state index contributed by atoms with van der Waals surface area (Å²) in [6, 6.07) is 7.64. The van der Waals surface area contributed by atoms with Crippen LogP contribution < -0.4 is 5.73 Å². The van der Waals surface area contributed by atoms with E-state index in [1.165, 1.54) is 24.3 Å². The second kappa shape index (κ2) is 7.17. The monoisotopic (exact) mass is 445 g/mol. The van der Waals surface area contributed by atoms with Crippen molar-refractivity contribution in [3.8, 4) is 5.75 Å². The second-order valence-corrected chi connectivity index (χ2v) is 7.64. The van der Waals surface area contributed by atoms with Crippen LogP contribution in [0, 0.1) is 0 Å². The van der Waals surface area contributed by atoms with Gasteiger partial charge in [-0.15, -0.1) is 10.2 Å². The van der Waals surface area contributed by atoms with Crippen LogP contribution in [0.25, 0.3) is 10.8 Å². The molecule has 0 saturated heterocycles. The minimum atomic E-state index is -4.76. The molecule has 7 nitrogen and oxygen atoms in total. The van der Waals surface area contributed by atoms with Crippen molar-refractivity contribution in [2.45, 2.75) is 11.1 Å². The van der Waals surface area contributed by atoms with Gasteiger partial charge in [-0.25, -0.2) is 0 Å². The Labute approximate surface area is 167 Å². The van der Waals surface area contributed by atoms with Crippen LogP contribution in [0.2, 0.25) is 5.02 Å². The van der Waals surface area contributed by atoms with Gasteiger partial charge in [-0.2, -0.15) is 21.6 Å². The largest absolute Gasteiger partial charge is 0.507 e. The molecular formula is C17H11ClF3N3O4S. The van der Waals surface area contributed by atoms with E-state index in [0.717, 1.165) is 12.1 Å². The molecule has 12 heteroatoms. The Morgan fingerprint density at radius 1 is 1.03 bits per heavy atom. The smallest absolute Gasteiger partial charge is 0.418 e. The fourth-order valence-corrected chi connectivity index (χ4v) is 3.72. The van der Waals surface area contributed by atoms with E-state index in [1.54, 1.807) is 0 Å². The van der Waals surface area contributed by atoms with Gasteiger partial charge < -0.3 is 10.8 Å². The van der Waals surface area contributed by atoms with Crippen molar-refractivity contribution in [2.75, 3.05) is 5.73 Å². The van der Waals surface area contributed by atoms with E-state index in [0.29, 0.717) is 6.07 Å². The summed E-state index contributed by atoms with van der Waals surface area (Å²) < 4.78 is 72.3. The molecule has 3 aromatic rings. The molecule has 0 spiro atoms. The van der Waals surface area contributed by atoms with Crippen LogP contribution in [0.4, 0.5) is 30.2 Å². The number of hydrogen-bond acceptors (Lipinski definition) is 6. The molecule has 0 atom stereocenters. The number of phenols is 1. The fraction of sp³-hybridized carbons (Fsp3) is 0.0588. The molecule has 3 aromatic carbocycles. The average molecular weight is 446 g/mol. The number of phenolic OH excluding ortho intramolecular Hbond substituents is 1. The molecule has 0 radical (unpaired) electrons. The zero-order chi connectivity index (χ0) is 21.6. The number of hydrogen-bond donors (Lipinski definition) is 3. The Kier molecular flexibility index (Phi) is 5.15. The van der Waals surface area contributed by atoms with Crippen molar-refractivity contribution in [2.24, 2.45) is 10.2 Å². The lowest BCUT2D eigenvalue weighted by Crippen LogP contribution is -2.05. The first-order valence-electron chi connectivity index (χ1n) is 7.69. The molecule has 0 aromatic heterocycles. The molecule has 0 heterocycles. The van der Waals surface area contributed by atoms with Gasteiger partial charge in [0.15, 0.2) is 0 Å². The molecule has 0 aliphatic carbocycles. The number of benzene rings is 3. The number of aromatic hydroxyl groups is 1. The second-order valence-electron chi connectivity index (χ2n) is 5.85. The van der Waals surface area contributed by atoms with E-state index in [1.807, 2.05) is 0 Å². The van der Waals surface area contributed by atoms with E-state index in [4.69, 9.17) is 17.3 Å². The van der Waals surface area contributed by atoms with Gasteiger partial charge in [0.1, 0.15) is 10.6 Å². The summed E-state index contributed by atoms with van der Waals surface area (Å²) in [7, 11) is -4.76. The number of alkyl halides is 3. The molecule has 0 unspecified atom stereocenters. The van der Waals surface area contributed by atoms with Gasteiger partial charge in [0, 0.05) is 16.5 Å². The Morgan fingerprint density at radius 2 is 1.69 bits per heavy atom. The number of azo groups is 1. The SMILES string of the molecule is Nc1cc(O)c2c(N=Nc3ccc(Cl)cc3C(F)(F)F)cccc2c1S(=O)(=O)O. The first-order chi connectivity index (χ1) is 13.4. The third-order valence-corrected chi connectivity index (χ3v) is 5.09. The number of nitrogen functional groups attached to an aromatic ring is 1. The summed E-state index contributed by atoms with van der Waals surface area (Å²) in [5, 5.41) is 17.0. The summed E-state index contributed by atoms with van der Waals surface area (Å²) in [4.78, 5) is -0.662. The van der Waals surface area contributed by atoms with Crippen LogP contribution in [-0.4, -0.2) is 18.1 Å². The lowest BCUT2D eigenvalue weighted by Gasteiger charge is -2.11. The maximum Gasteiger partial charge on any atom is 0.418 e. The lowest BCUT2D eigenvalue weighted by atomic mass is 10.1. The van der Waals surface area contributed by atoms with Crippen LogP contribution in [0.5, 0.6) is 5.75 Å². The van der Waals surface area contributed by atoms with Crippen molar-refractivity contribution in [3.05, 3.63) is 53.1 Å². The first-order valence-corrected chi connectivity index (χ1v) is 9.51. The van der Waals surface area contributed by atoms with Crippen molar-refractivity contribution >= 4 is 49.6 Å². The van der Waals surface area contributed by atoms with Gasteiger partial charge in [0.05, 0.1) is 28.0 Å². The average Bonchev–Trinajstić information content (AvgIpc) is 2.58. The minimum Gasteiger partial charge on any atom is -0.507 e. The summed E-state index contributed by atoms with van der Waals surface area (Å²) >= 11 is 5.62. The van der Waals surface area contributed by atoms with Gasteiger partial charge in [-0.05, 0) is 24.3 Å². The minimum absolute atomic E-state index is 0.145. The van der Waals surface area contributed by atoms with Crippen molar-refractivity contribution in [1.29, 1.82) is 0 Å². The van der Waals surface area contributed by atoms with Gasteiger partial charge >= 0.3 is 6.18 Å². The number of nitrogens with zero attached hydrogens (tertiary/aromatic N) is 2. The molecule has 4 N–H and O–H groups in total. The highest BCUT2D eigenvalue weighted by Gasteiger charge is 2.34. The summed E-state index contributed by atoms with van der Waals surface area (Å²) in [5.74, 6) is -0.494. The number of halogens is 4. The number of fused-ring (bicyclic) bond motifs is 1. The summed E-state index contributed by atoms with van der Waals surface area (Å²) in [6.45, 7) is 0. The molecule has 0 saturated carbocycles. The number of anilines is 1. The fourth-order valence-electron chi connectivity index (χ4n) is 2.74. The topological polar surface area (TPSA) is 125 Å². The highest BCUT2D eigenvalue weighted by molar-refractivity contribution is 7.86. The van der Waals surface area contributed by atoms with Crippen molar-refractivity contribution < 1.29 is 31.2 Å². The van der Waals surface area contributed by atoms with Gasteiger partial charge in [-0.1, -0.05) is 23.7 Å². The first kappa shape index (κ1) is 20.8. The van der Waals surface area contributed by atoms with Gasteiger partial charge in [-0.3, -0.25) is 4.55 Å². The standard InChI is InChI=1S/C17H11ClF3N3O4S/c18-8-4-5-12(10(6-8)17(19,20)21)23-24-13-3-1-2-9-15(13)14(25)7-11(22)16(9)29(26,27)28/h1-7,25H,22H2,(H,26,27,28). The number of nitrogens with two attached hydrogens (primary N) is 1. The molecule has 0 fully saturated rings. The van der Waals surface area contributed by atoms with Gasteiger partial charge in [0.25, 0.3) is 10.1 Å². The van der Waals surface area contributed by atoms with E-state index in [9.17, 15) is 31.2 Å². The zero-order valence-corrected chi connectivity index (χ0v) is 15.7. The van der Waals surface area contributed by atoms with Crippen LogP contribution in [-0.2, 0) is 16.3 Å². The molecular weight excluding hydrogens is 435 g/mol. The van der Waals surface area contributed by atoms with Crippen molar-refractivity contribution in [1.82, 2.24) is 0 Å². The Bertz CT molecular complexity index is 1260. The third kappa shape index (κ3) is 4.11. The third-order valence-electron chi connectivity index (χ3n) is 3.89. The number of rotatable bonds is 3. The summed E-state index contributed by atoms with van der Waals surface area (Å²) in [5.41, 5.74) is 3.36. The normalized spacial score (nSPS) is 12.7. The highest BCUT2D eigenvalue weighted by atomic mass is 35.5. The Balaban J connectivity index is 2.24. The molecule has 152 valence electrons. The predicted octanol–water partition coefficient (Wildman–Crippen LogP) is 5.46. The van der Waals surface area contributed by atoms with Crippen molar-refractivity contribution in [3.63, 3.8) is 0 Å². The maximum absolute atomic E-state index is 13.2. The lowest BCUT2D eigenvalue weighted by molar-refractivity contribution is -0.137. The Morgan fingerprint density at radius 3 is 2.31 bits per heavy atom. The van der Waals surface area contributed by atoms with Crippen LogP contribution >= 0.6 is 11.6 Å². The Hall–Kier alpha value is -2.89. The van der Waals surface area contributed by atoms with Gasteiger partial charge in [0.2, 0.25) is 0 Å². The van der Waals surface area contributed by atoms with E-state index < -0.39 is 43.9 Å².